The normalized spacial score (nSPS) is 15.2. The number of H-pyrrole nitrogens is 1. The van der Waals surface area contributed by atoms with Gasteiger partial charge in [-0.25, -0.2) is 4.68 Å². The van der Waals surface area contributed by atoms with E-state index in [2.05, 4.69) is 45.3 Å². The standard InChI is InChI=1S/C22H21N5O/c28-21-19-15-23-27(18-9-5-2-6-10-18)20(19)24-22(25-21)26-13-11-17(12-14-26)16-7-3-1-4-8-16/h1-10,15,17H,11-14H2,(H,24,25,28). The number of nitrogens with one attached hydrogen (secondary N) is 1. The highest BCUT2D eigenvalue weighted by Gasteiger charge is 2.23. The van der Waals surface area contributed by atoms with Crippen LogP contribution in [0.5, 0.6) is 0 Å². The van der Waals surface area contributed by atoms with Crippen LogP contribution < -0.4 is 10.5 Å². The van der Waals surface area contributed by atoms with Gasteiger partial charge in [-0.2, -0.15) is 10.1 Å². The molecule has 2 aromatic carbocycles. The molecule has 4 aromatic rings. The average molecular weight is 371 g/mol. The molecule has 5 rings (SSSR count). The van der Waals surface area contributed by atoms with E-state index >= 15 is 0 Å². The van der Waals surface area contributed by atoms with Crippen LogP contribution in [0.2, 0.25) is 0 Å². The van der Waals surface area contributed by atoms with Crippen molar-refractivity contribution in [3.8, 4) is 5.69 Å². The van der Waals surface area contributed by atoms with Gasteiger partial charge in [0.2, 0.25) is 5.95 Å². The summed E-state index contributed by atoms with van der Waals surface area (Å²) in [6, 6.07) is 20.4. The smallest absolute Gasteiger partial charge is 0.263 e. The number of hydrogen-bond acceptors (Lipinski definition) is 4. The number of piperidine rings is 1. The van der Waals surface area contributed by atoms with Crippen LogP contribution >= 0.6 is 0 Å². The molecule has 1 aliphatic heterocycles. The highest BCUT2D eigenvalue weighted by molar-refractivity contribution is 5.76. The van der Waals surface area contributed by atoms with Crippen molar-refractivity contribution in [1.29, 1.82) is 0 Å². The molecule has 6 heteroatoms. The number of aromatic amines is 1. The van der Waals surface area contributed by atoms with Crippen molar-refractivity contribution < 1.29 is 0 Å². The lowest BCUT2D eigenvalue weighted by molar-refractivity contribution is 0.499. The Hall–Kier alpha value is -3.41. The first-order valence-corrected chi connectivity index (χ1v) is 9.63. The second-order valence-electron chi connectivity index (χ2n) is 7.19. The number of anilines is 1. The second kappa shape index (κ2) is 6.96. The Morgan fingerprint density at radius 1 is 0.929 bits per heavy atom. The SMILES string of the molecule is O=c1[nH]c(N2CCC(c3ccccc3)CC2)nc2c1cnn2-c1ccccc1. The fourth-order valence-electron chi connectivity index (χ4n) is 3.96. The first kappa shape index (κ1) is 16.7. The molecule has 1 fully saturated rings. The van der Waals surface area contributed by atoms with Gasteiger partial charge in [0.05, 0.1) is 11.9 Å². The molecule has 28 heavy (non-hydrogen) atoms. The fraction of sp³-hybridized carbons (Fsp3) is 0.227. The van der Waals surface area contributed by atoms with Gasteiger partial charge < -0.3 is 4.90 Å². The predicted octanol–water partition coefficient (Wildman–Crippen LogP) is 3.49. The molecule has 0 saturated carbocycles. The Balaban J connectivity index is 1.45. The number of nitrogens with zero attached hydrogens (tertiary/aromatic N) is 4. The van der Waals surface area contributed by atoms with Gasteiger partial charge in [-0.3, -0.25) is 9.78 Å². The zero-order valence-electron chi connectivity index (χ0n) is 15.5. The summed E-state index contributed by atoms with van der Waals surface area (Å²) in [7, 11) is 0. The lowest BCUT2D eigenvalue weighted by atomic mass is 9.90. The summed E-state index contributed by atoms with van der Waals surface area (Å²) in [5.74, 6) is 1.18. The van der Waals surface area contributed by atoms with Crippen molar-refractivity contribution >= 4 is 17.0 Å². The lowest BCUT2D eigenvalue weighted by Gasteiger charge is -2.32. The van der Waals surface area contributed by atoms with E-state index in [0.717, 1.165) is 31.6 Å². The Labute approximate surface area is 162 Å². The third-order valence-corrected chi connectivity index (χ3v) is 5.49. The van der Waals surface area contributed by atoms with E-state index in [1.807, 2.05) is 30.3 Å². The fourth-order valence-corrected chi connectivity index (χ4v) is 3.96. The average Bonchev–Trinajstić information content (AvgIpc) is 3.20. The molecular weight excluding hydrogens is 350 g/mol. The molecular formula is C22H21N5O. The lowest BCUT2D eigenvalue weighted by Crippen LogP contribution is -2.35. The number of aromatic nitrogens is 4. The van der Waals surface area contributed by atoms with Crippen LogP contribution in [-0.4, -0.2) is 32.8 Å². The van der Waals surface area contributed by atoms with Crippen molar-refractivity contribution in [2.45, 2.75) is 18.8 Å². The van der Waals surface area contributed by atoms with E-state index in [1.54, 1.807) is 10.9 Å². The van der Waals surface area contributed by atoms with Gasteiger partial charge in [0.25, 0.3) is 5.56 Å². The summed E-state index contributed by atoms with van der Waals surface area (Å²) in [6.07, 6.45) is 3.67. The van der Waals surface area contributed by atoms with Crippen molar-refractivity contribution in [2.75, 3.05) is 18.0 Å². The first-order valence-electron chi connectivity index (χ1n) is 9.63. The highest BCUT2D eigenvalue weighted by atomic mass is 16.1. The third kappa shape index (κ3) is 2.97. The van der Waals surface area contributed by atoms with Crippen LogP contribution in [-0.2, 0) is 0 Å². The minimum Gasteiger partial charge on any atom is -0.342 e. The van der Waals surface area contributed by atoms with Crippen molar-refractivity contribution in [1.82, 2.24) is 19.7 Å². The molecule has 0 atom stereocenters. The van der Waals surface area contributed by atoms with Crippen molar-refractivity contribution in [2.24, 2.45) is 0 Å². The maximum atomic E-state index is 12.6. The van der Waals surface area contributed by atoms with E-state index in [4.69, 9.17) is 4.98 Å². The molecule has 0 amide bonds. The summed E-state index contributed by atoms with van der Waals surface area (Å²) in [6.45, 7) is 1.74. The van der Waals surface area contributed by atoms with Crippen LogP contribution in [0.15, 0.2) is 71.7 Å². The van der Waals surface area contributed by atoms with Gasteiger partial charge in [0, 0.05) is 13.1 Å². The second-order valence-corrected chi connectivity index (χ2v) is 7.19. The number of benzene rings is 2. The zero-order valence-corrected chi connectivity index (χ0v) is 15.5. The number of hydrogen-bond donors (Lipinski definition) is 1. The van der Waals surface area contributed by atoms with Crippen LogP contribution in [0.1, 0.15) is 24.3 Å². The molecule has 0 aliphatic carbocycles. The molecule has 1 aliphatic rings. The van der Waals surface area contributed by atoms with Crippen molar-refractivity contribution in [3.63, 3.8) is 0 Å². The highest BCUT2D eigenvalue weighted by Crippen LogP contribution is 2.29. The Kier molecular flexibility index (Phi) is 4.16. The summed E-state index contributed by atoms with van der Waals surface area (Å²) in [4.78, 5) is 22.5. The molecule has 1 N–H and O–H groups in total. The van der Waals surface area contributed by atoms with Gasteiger partial charge in [0.15, 0.2) is 5.65 Å². The monoisotopic (exact) mass is 371 g/mol. The topological polar surface area (TPSA) is 66.8 Å². The van der Waals surface area contributed by atoms with Gasteiger partial charge in [-0.1, -0.05) is 48.5 Å². The Morgan fingerprint density at radius 2 is 1.61 bits per heavy atom. The van der Waals surface area contributed by atoms with E-state index in [0.29, 0.717) is 22.9 Å². The first-order chi connectivity index (χ1) is 13.8. The molecule has 0 unspecified atom stereocenters. The molecule has 1 saturated heterocycles. The molecule has 2 aromatic heterocycles. The number of rotatable bonds is 3. The summed E-state index contributed by atoms with van der Waals surface area (Å²) < 4.78 is 1.73. The summed E-state index contributed by atoms with van der Waals surface area (Å²) >= 11 is 0. The van der Waals surface area contributed by atoms with E-state index < -0.39 is 0 Å². The summed E-state index contributed by atoms with van der Waals surface area (Å²) in [5, 5.41) is 4.89. The van der Waals surface area contributed by atoms with Gasteiger partial charge in [-0.05, 0) is 36.5 Å². The van der Waals surface area contributed by atoms with Gasteiger partial charge in [0.1, 0.15) is 5.39 Å². The van der Waals surface area contributed by atoms with Crippen LogP contribution in [0, 0.1) is 0 Å². The molecule has 0 spiro atoms. The molecule has 6 nitrogen and oxygen atoms in total. The Bertz CT molecular complexity index is 1140. The molecule has 140 valence electrons. The molecule has 0 bridgehead atoms. The Morgan fingerprint density at radius 3 is 2.32 bits per heavy atom. The van der Waals surface area contributed by atoms with E-state index in [-0.39, 0.29) is 5.56 Å². The van der Waals surface area contributed by atoms with E-state index in [1.165, 1.54) is 5.56 Å². The quantitative estimate of drug-likeness (QED) is 0.599. The maximum Gasteiger partial charge on any atom is 0.263 e. The predicted molar refractivity (Wildman–Crippen MR) is 110 cm³/mol. The minimum absolute atomic E-state index is 0.146. The van der Waals surface area contributed by atoms with Crippen LogP contribution in [0.4, 0.5) is 5.95 Å². The molecule has 3 heterocycles. The van der Waals surface area contributed by atoms with Crippen LogP contribution in [0.25, 0.3) is 16.7 Å². The largest absolute Gasteiger partial charge is 0.342 e. The van der Waals surface area contributed by atoms with Gasteiger partial charge in [-0.15, -0.1) is 0 Å². The zero-order chi connectivity index (χ0) is 18.9. The minimum atomic E-state index is -0.146. The number of fused-ring (bicyclic) bond motifs is 1. The van der Waals surface area contributed by atoms with E-state index in [9.17, 15) is 4.79 Å². The van der Waals surface area contributed by atoms with Gasteiger partial charge >= 0.3 is 0 Å². The maximum absolute atomic E-state index is 12.6. The van der Waals surface area contributed by atoms with Crippen LogP contribution in [0.3, 0.4) is 0 Å². The summed E-state index contributed by atoms with van der Waals surface area (Å²) in [5.41, 5.74) is 2.73. The number of para-hydroxylation sites is 1. The third-order valence-electron chi connectivity index (χ3n) is 5.49. The molecule has 0 radical (unpaired) electrons. The van der Waals surface area contributed by atoms with Crippen molar-refractivity contribution in [3.05, 3.63) is 82.8 Å².